The minimum Gasteiger partial charge on any atom is -0.354 e. The van der Waals surface area contributed by atoms with Crippen LogP contribution in [0, 0.1) is 0 Å². The zero-order chi connectivity index (χ0) is 12.1. The summed E-state index contributed by atoms with van der Waals surface area (Å²) in [6.45, 7) is 7.46. The third kappa shape index (κ3) is 3.52. The van der Waals surface area contributed by atoms with Crippen molar-refractivity contribution in [2.75, 3.05) is 17.7 Å². The maximum atomic E-state index is 5.99. The molecule has 0 aliphatic heterocycles. The van der Waals surface area contributed by atoms with E-state index in [1.54, 1.807) is 0 Å². The van der Waals surface area contributed by atoms with Gasteiger partial charge in [0.25, 0.3) is 0 Å². The van der Waals surface area contributed by atoms with Crippen LogP contribution in [-0.2, 0) is 0 Å². The molecule has 1 rings (SSSR count). The quantitative estimate of drug-likeness (QED) is 0.460. The van der Waals surface area contributed by atoms with Gasteiger partial charge in [0, 0.05) is 18.7 Å². The van der Waals surface area contributed by atoms with Crippen molar-refractivity contribution in [2.24, 2.45) is 0 Å². The number of aromatic nitrogens is 2. The highest BCUT2D eigenvalue weighted by Crippen LogP contribution is 2.22. The largest absolute Gasteiger partial charge is 0.354 e. The fourth-order valence-electron chi connectivity index (χ4n) is 1.50. The molecule has 0 aliphatic rings. The van der Waals surface area contributed by atoms with Gasteiger partial charge in [0.15, 0.2) is 5.16 Å². The van der Waals surface area contributed by atoms with Gasteiger partial charge in [0.05, 0.1) is 0 Å². The van der Waals surface area contributed by atoms with E-state index in [2.05, 4.69) is 35.6 Å². The van der Waals surface area contributed by atoms with Crippen molar-refractivity contribution in [1.29, 1.82) is 0 Å². The summed E-state index contributed by atoms with van der Waals surface area (Å²) in [4.78, 5) is 10.9. The van der Waals surface area contributed by atoms with Crippen LogP contribution in [-0.4, -0.2) is 28.8 Å². The van der Waals surface area contributed by atoms with Gasteiger partial charge in [0.2, 0.25) is 0 Å². The minimum absolute atomic E-state index is 0.417. The first-order chi connectivity index (χ1) is 7.58. The molecule has 0 aromatic carbocycles. The van der Waals surface area contributed by atoms with E-state index in [4.69, 9.17) is 11.6 Å². The molecule has 0 aliphatic carbocycles. The Balaban J connectivity index is 3.03. The number of nitrogens with zero attached hydrogens (tertiary/aromatic N) is 3. The molecule has 0 atom stereocenters. The number of hydrogen-bond donors (Lipinski definition) is 0. The van der Waals surface area contributed by atoms with Gasteiger partial charge in [-0.1, -0.05) is 30.3 Å². The van der Waals surface area contributed by atoms with E-state index in [0.29, 0.717) is 11.2 Å². The van der Waals surface area contributed by atoms with Crippen LogP contribution in [0.4, 0.5) is 5.82 Å². The van der Waals surface area contributed by atoms with Crippen molar-refractivity contribution in [3.8, 4) is 0 Å². The van der Waals surface area contributed by atoms with Crippen molar-refractivity contribution in [1.82, 2.24) is 9.97 Å². The highest BCUT2D eigenvalue weighted by atomic mass is 35.5. The third-order valence-corrected chi connectivity index (χ3v) is 2.97. The zero-order valence-electron chi connectivity index (χ0n) is 10.2. The van der Waals surface area contributed by atoms with Gasteiger partial charge in [-0.2, -0.15) is 0 Å². The number of anilines is 1. The maximum Gasteiger partial charge on any atom is 0.190 e. The lowest BCUT2D eigenvalue weighted by atomic mass is 10.3. The van der Waals surface area contributed by atoms with Crippen molar-refractivity contribution in [3.63, 3.8) is 0 Å². The molecule has 3 nitrogen and oxygen atoms in total. The van der Waals surface area contributed by atoms with Crippen LogP contribution >= 0.6 is 23.4 Å². The number of hydrogen-bond acceptors (Lipinski definition) is 4. The lowest BCUT2D eigenvalue weighted by Crippen LogP contribution is -2.32. The van der Waals surface area contributed by atoms with Crippen molar-refractivity contribution in [3.05, 3.63) is 11.2 Å². The van der Waals surface area contributed by atoms with E-state index >= 15 is 0 Å². The summed E-state index contributed by atoms with van der Waals surface area (Å²) in [6.07, 6.45) is 3.05. The molecule has 1 aromatic rings. The van der Waals surface area contributed by atoms with Crippen LogP contribution in [0.5, 0.6) is 0 Å². The Kier molecular flexibility index (Phi) is 5.35. The van der Waals surface area contributed by atoms with E-state index in [-0.39, 0.29) is 0 Å². The third-order valence-electron chi connectivity index (χ3n) is 2.23. The number of halogens is 1. The SMILES string of the molecule is CCCN(c1cc(Cl)nc(SC)n1)C(C)C. The van der Waals surface area contributed by atoms with Gasteiger partial charge in [-0.3, -0.25) is 0 Å². The summed E-state index contributed by atoms with van der Waals surface area (Å²) in [5.74, 6) is 0.918. The Morgan fingerprint density at radius 3 is 2.62 bits per heavy atom. The Morgan fingerprint density at radius 2 is 2.12 bits per heavy atom. The molecule has 0 fully saturated rings. The molecule has 0 N–H and O–H groups in total. The first-order valence-corrected chi connectivity index (χ1v) is 7.04. The first-order valence-electron chi connectivity index (χ1n) is 5.43. The van der Waals surface area contributed by atoms with E-state index in [1.165, 1.54) is 11.8 Å². The maximum absolute atomic E-state index is 5.99. The fraction of sp³-hybridized carbons (Fsp3) is 0.636. The Bertz CT molecular complexity index is 344. The molecular formula is C11H18ClN3S. The molecule has 1 aromatic heterocycles. The van der Waals surface area contributed by atoms with Crippen LogP contribution in [0.15, 0.2) is 11.2 Å². The van der Waals surface area contributed by atoms with Crippen LogP contribution in [0.3, 0.4) is 0 Å². The van der Waals surface area contributed by atoms with E-state index in [1.807, 2.05) is 12.3 Å². The number of rotatable bonds is 5. The predicted molar refractivity (Wildman–Crippen MR) is 71.6 cm³/mol. The molecule has 5 heteroatoms. The highest BCUT2D eigenvalue weighted by molar-refractivity contribution is 7.98. The second-order valence-corrected chi connectivity index (χ2v) is 4.98. The predicted octanol–water partition coefficient (Wildman–Crippen LogP) is 3.48. The van der Waals surface area contributed by atoms with E-state index in [0.717, 1.165) is 23.9 Å². The van der Waals surface area contributed by atoms with Crippen LogP contribution in [0.25, 0.3) is 0 Å². The molecule has 0 bridgehead atoms. The van der Waals surface area contributed by atoms with Gasteiger partial charge in [-0.15, -0.1) is 0 Å². The highest BCUT2D eigenvalue weighted by Gasteiger charge is 2.13. The Morgan fingerprint density at radius 1 is 1.44 bits per heavy atom. The van der Waals surface area contributed by atoms with Crippen LogP contribution < -0.4 is 4.90 Å². The molecule has 0 radical (unpaired) electrons. The summed E-state index contributed by atoms with van der Waals surface area (Å²) < 4.78 is 0. The second-order valence-electron chi connectivity index (χ2n) is 3.82. The topological polar surface area (TPSA) is 29.0 Å². The summed E-state index contributed by atoms with van der Waals surface area (Å²) in [5.41, 5.74) is 0. The molecular weight excluding hydrogens is 242 g/mol. The van der Waals surface area contributed by atoms with Gasteiger partial charge < -0.3 is 4.90 Å². The van der Waals surface area contributed by atoms with Gasteiger partial charge in [-0.25, -0.2) is 9.97 Å². The second kappa shape index (κ2) is 6.30. The molecule has 0 unspecified atom stereocenters. The smallest absolute Gasteiger partial charge is 0.190 e. The van der Waals surface area contributed by atoms with Gasteiger partial charge in [-0.05, 0) is 26.5 Å². The first kappa shape index (κ1) is 13.6. The average molecular weight is 260 g/mol. The average Bonchev–Trinajstić information content (AvgIpc) is 2.24. The van der Waals surface area contributed by atoms with Crippen molar-refractivity contribution in [2.45, 2.75) is 38.4 Å². The van der Waals surface area contributed by atoms with Crippen LogP contribution in [0.2, 0.25) is 5.15 Å². The lowest BCUT2D eigenvalue weighted by Gasteiger charge is -2.27. The fourth-order valence-corrected chi connectivity index (χ4v) is 2.10. The van der Waals surface area contributed by atoms with E-state index < -0.39 is 0 Å². The monoisotopic (exact) mass is 259 g/mol. The summed E-state index contributed by atoms with van der Waals surface area (Å²) >= 11 is 7.50. The number of thioether (sulfide) groups is 1. The molecule has 0 spiro atoms. The Labute approximate surface area is 107 Å². The molecule has 0 saturated carbocycles. The molecule has 0 saturated heterocycles. The van der Waals surface area contributed by atoms with E-state index in [9.17, 15) is 0 Å². The minimum atomic E-state index is 0.417. The molecule has 90 valence electrons. The Hall–Kier alpha value is -0.480. The summed E-state index contributed by atoms with van der Waals surface area (Å²) in [7, 11) is 0. The standard InChI is InChI=1S/C11H18ClN3S/c1-5-6-15(8(2)3)10-7-9(12)13-11(14-10)16-4/h7-8H,5-6H2,1-4H3. The summed E-state index contributed by atoms with van der Waals surface area (Å²) in [6, 6.07) is 2.25. The van der Waals surface area contributed by atoms with Crippen LogP contribution in [0.1, 0.15) is 27.2 Å². The summed E-state index contributed by atoms with van der Waals surface area (Å²) in [5, 5.41) is 1.24. The van der Waals surface area contributed by atoms with Crippen molar-refractivity contribution < 1.29 is 0 Å². The van der Waals surface area contributed by atoms with Crippen molar-refractivity contribution >= 4 is 29.2 Å². The lowest BCUT2D eigenvalue weighted by molar-refractivity contribution is 0.656. The molecule has 0 amide bonds. The molecule has 1 heterocycles. The normalized spacial score (nSPS) is 10.9. The molecule has 16 heavy (non-hydrogen) atoms. The van der Waals surface area contributed by atoms with Gasteiger partial charge in [0.1, 0.15) is 11.0 Å². The van der Waals surface area contributed by atoms with Gasteiger partial charge >= 0.3 is 0 Å². The zero-order valence-corrected chi connectivity index (χ0v) is 11.8.